The molecule has 2 aliphatic heterocycles. The third kappa shape index (κ3) is 2.65. The van der Waals surface area contributed by atoms with Gasteiger partial charge in [-0.2, -0.15) is 0 Å². The zero-order valence-corrected chi connectivity index (χ0v) is 17.3. The topological polar surface area (TPSA) is 40.6 Å². The molecule has 0 saturated carbocycles. The Morgan fingerprint density at radius 1 is 1.18 bits per heavy atom. The molecule has 146 valence electrons. The Morgan fingerprint density at radius 2 is 1.86 bits per heavy atom. The molecule has 1 atom stereocenters. The van der Waals surface area contributed by atoms with E-state index in [-0.39, 0.29) is 16.6 Å². The van der Waals surface area contributed by atoms with E-state index in [1.54, 1.807) is 28.0 Å². The van der Waals surface area contributed by atoms with Crippen LogP contribution in [-0.4, -0.2) is 34.6 Å². The number of nitrogens with zero attached hydrogens (tertiary/aromatic N) is 2. The summed E-state index contributed by atoms with van der Waals surface area (Å²) >= 11 is 1.44. The van der Waals surface area contributed by atoms with Gasteiger partial charge in [0, 0.05) is 29.0 Å². The third-order valence-electron chi connectivity index (χ3n) is 5.35. The Morgan fingerprint density at radius 3 is 2.50 bits per heavy atom. The van der Waals surface area contributed by atoms with Crippen molar-refractivity contribution in [3.05, 3.63) is 65.0 Å². The van der Waals surface area contributed by atoms with Crippen LogP contribution in [0.3, 0.4) is 0 Å². The molecule has 2 heterocycles. The van der Waals surface area contributed by atoms with Crippen LogP contribution in [0.1, 0.15) is 42.3 Å². The van der Waals surface area contributed by atoms with Crippen LogP contribution in [0.25, 0.3) is 0 Å². The highest BCUT2D eigenvalue weighted by atomic mass is 32.2. The van der Waals surface area contributed by atoms with Crippen molar-refractivity contribution >= 4 is 29.3 Å². The summed E-state index contributed by atoms with van der Waals surface area (Å²) in [6.07, 6.45) is 0. The molecule has 2 aromatic rings. The van der Waals surface area contributed by atoms with Crippen LogP contribution in [0.4, 0.5) is 10.1 Å². The van der Waals surface area contributed by atoms with E-state index in [1.807, 2.05) is 39.8 Å². The van der Waals surface area contributed by atoms with Crippen molar-refractivity contribution in [1.82, 2.24) is 4.90 Å². The highest BCUT2D eigenvalue weighted by Gasteiger charge is 2.63. The van der Waals surface area contributed by atoms with Crippen LogP contribution < -0.4 is 4.90 Å². The zero-order valence-electron chi connectivity index (χ0n) is 16.5. The molecule has 0 N–H and O–H groups in total. The Kier molecular flexibility index (Phi) is 4.30. The number of carbonyl (C=O) groups excluding carboxylic acids is 2. The average Bonchev–Trinajstić information content (AvgIpc) is 3.07. The van der Waals surface area contributed by atoms with Crippen molar-refractivity contribution in [2.75, 3.05) is 18.0 Å². The number of halogens is 1. The van der Waals surface area contributed by atoms with E-state index >= 15 is 0 Å². The maximum atomic E-state index is 14.2. The van der Waals surface area contributed by atoms with Gasteiger partial charge < -0.3 is 9.80 Å². The Bertz CT molecular complexity index is 973. The number of likely N-dealkylation sites (N-methyl/N-ethyl adjacent to an activating group) is 1. The standard InChI is InChI=1S/C22H23FN2O2S/c1-5-24-18-11-10-16(23)12-17(18)22(20(24)27)25(13-21(3,4)28-22)19(26)15-8-6-14(2)7-9-15/h6-12H,5,13H2,1-4H3/t22-/m1/s1. The van der Waals surface area contributed by atoms with Crippen molar-refractivity contribution < 1.29 is 14.0 Å². The summed E-state index contributed by atoms with van der Waals surface area (Å²) in [5.74, 6) is -0.789. The van der Waals surface area contributed by atoms with Gasteiger partial charge in [0.1, 0.15) is 5.82 Å². The smallest absolute Gasteiger partial charge is 0.268 e. The molecule has 6 heteroatoms. The molecule has 4 rings (SSSR count). The first-order chi connectivity index (χ1) is 13.2. The SMILES string of the molecule is CCN1C(=O)[C@]2(SC(C)(C)CN2C(=O)c2ccc(C)cc2)c2cc(F)ccc21. The first kappa shape index (κ1) is 19.0. The number of rotatable bonds is 2. The lowest BCUT2D eigenvalue weighted by Gasteiger charge is -2.33. The molecule has 4 nitrogen and oxygen atoms in total. The molecule has 2 amide bonds. The number of thioether (sulfide) groups is 1. The molecule has 1 spiro atoms. The molecular formula is C22H23FN2O2S. The summed E-state index contributed by atoms with van der Waals surface area (Å²) in [5, 5.41) is 0. The van der Waals surface area contributed by atoms with Gasteiger partial charge in [0.15, 0.2) is 4.87 Å². The number of anilines is 1. The molecule has 2 aliphatic rings. The first-order valence-electron chi connectivity index (χ1n) is 9.40. The lowest BCUT2D eigenvalue weighted by Crippen LogP contribution is -2.50. The molecule has 28 heavy (non-hydrogen) atoms. The van der Waals surface area contributed by atoms with Crippen LogP contribution in [0.2, 0.25) is 0 Å². The minimum absolute atomic E-state index is 0.174. The van der Waals surface area contributed by atoms with Crippen molar-refractivity contribution in [2.24, 2.45) is 0 Å². The van der Waals surface area contributed by atoms with E-state index < -0.39 is 10.7 Å². The maximum absolute atomic E-state index is 14.2. The second-order valence-corrected chi connectivity index (χ2v) is 9.87. The number of carbonyl (C=O) groups is 2. The number of amides is 2. The number of hydrogen-bond donors (Lipinski definition) is 0. The van der Waals surface area contributed by atoms with E-state index in [1.165, 1.54) is 23.9 Å². The Balaban J connectivity index is 1.90. The van der Waals surface area contributed by atoms with E-state index in [4.69, 9.17) is 0 Å². The summed E-state index contributed by atoms with van der Waals surface area (Å²) in [6.45, 7) is 8.76. The third-order valence-corrected chi connectivity index (χ3v) is 6.94. The number of aryl methyl sites for hydroxylation is 1. The van der Waals surface area contributed by atoms with Gasteiger partial charge in [0.2, 0.25) is 0 Å². The van der Waals surface area contributed by atoms with Crippen LogP contribution in [0.15, 0.2) is 42.5 Å². The number of benzene rings is 2. The fraction of sp³-hybridized carbons (Fsp3) is 0.364. The molecule has 1 fully saturated rings. The van der Waals surface area contributed by atoms with Crippen LogP contribution >= 0.6 is 11.8 Å². The molecule has 1 saturated heterocycles. The molecule has 0 aliphatic carbocycles. The van der Waals surface area contributed by atoms with Gasteiger partial charge in [-0.15, -0.1) is 11.8 Å². The highest BCUT2D eigenvalue weighted by Crippen LogP contribution is 2.59. The fourth-order valence-electron chi connectivity index (χ4n) is 4.14. The maximum Gasteiger partial charge on any atom is 0.268 e. The van der Waals surface area contributed by atoms with E-state index in [2.05, 4.69) is 0 Å². The van der Waals surface area contributed by atoms with Gasteiger partial charge in [0.25, 0.3) is 11.8 Å². The van der Waals surface area contributed by atoms with Crippen molar-refractivity contribution in [2.45, 2.75) is 37.3 Å². The van der Waals surface area contributed by atoms with E-state index in [0.717, 1.165) is 5.56 Å². The van der Waals surface area contributed by atoms with Gasteiger partial charge >= 0.3 is 0 Å². The zero-order chi connectivity index (χ0) is 20.3. The van der Waals surface area contributed by atoms with Gasteiger partial charge in [-0.05, 0) is 58.0 Å². The lowest BCUT2D eigenvalue weighted by atomic mass is 10.0. The second-order valence-electron chi connectivity index (χ2n) is 7.97. The van der Waals surface area contributed by atoms with E-state index in [9.17, 15) is 14.0 Å². The van der Waals surface area contributed by atoms with E-state index in [0.29, 0.717) is 29.9 Å². The minimum atomic E-state index is -1.24. The molecule has 0 aromatic heterocycles. The lowest BCUT2D eigenvalue weighted by molar-refractivity contribution is -0.123. The highest BCUT2D eigenvalue weighted by molar-refractivity contribution is 8.02. The number of hydrogen-bond acceptors (Lipinski definition) is 3. The monoisotopic (exact) mass is 398 g/mol. The van der Waals surface area contributed by atoms with Gasteiger partial charge in [-0.25, -0.2) is 4.39 Å². The summed E-state index contributed by atoms with van der Waals surface area (Å²) < 4.78 is 13.9. The quantitative estimate of drug-likeness (QED) is 0.756. The molecule has 0 bridgehead atoms. The Hall–Kier alpha value is -2.34. The van der Waals surface area contributed by atoms with Gasteiger partial charge in [-0.1, -0.05) is 17.7 Å². The van der Waals surface area contributed by atoms with Crippen molar-refractivity contribution in [1.29, 1.82) is 0 Å². The molecule has 2 aromatic carbocycles. The summed E-state index contributed by atoms with van der Waals surface area (Å²) in [5.41, 5.74) is 2.84. The fourth-order valence-corrected chi connectivity index (χ4v) is 5.86. The van der Waals surface area contributed by atoms with Gasteiger partial charge in [-0.3, -0.25) is 9.59 Å². The number of fused-ring (bicyclic) bond motifs is 2. The normalized spacial score (nSPS) is 22.8. The first-order valence-corrected chi connectivity index (χ1v) is 10.2. The van der Waals surface area contributed by atoms with Crippen molar-refractivity contribution in [3.63, 3.8) is 0 Å². The second kappa shape index (κ2) is 6.34. The summed E-state index contributed by atoms with van der Waals surface area (Å²) in [4.78, 5) is 29.1. The average molecular weight is 399 g/mol. The summed E-state index contributed by atoms with van der Waals surface area (Å²) in [7, 11) is 0. The largest absolute Gasteiger partial charge is 0.310 e. The molecule has 0 radical (unpaired) electrons. The molecule has 0 unspecified atom stereocenters. The van der Waals surface area contributed by atoms with Crippen LogP contribution in [0, 0.1) is 12.7 Å². The summed E-state index contributed by atoms with van der Waals surface area (Å²) in [6, 6.07) is 11.8. The predicted molar refractivity (Wildman–Crippen MR) is 110 cm³/mol. The van der Waals surface area contributed by atoms with Crippen LogP contribution in [-0.2, 0) is 9.67 Å². The molecular weight excluding hydrogens is 375 g/mol. The van der Waals surface area contributed by atoms with Crippen LogP contribution in [0.5, 0.6) is 0 Å². The predicted octanol–water partition coefficient (Wildman–Crippen LogP) is 4.32. The van der Waals surface area contributed by atoms with Gasteiger partial charge in [0.05, 0.1) is 5.69 Å². The Labute approximate surface area is 168 Å². The van der Waals surface area contributed by atoms with Crippen molar-refractivity contribution in [3.8, 4) is 0 Å². The minimum Gasteiger partial charge on any atom is -0.310 e.